The number of carboxylic acids is 1. The Bertz CT molecular complexity index is 654. The van der Waals surface area contributed by atoms with Gasteiger partial charge in [0.1, 0.15) is 0 Å². The number of amides is 1. The van der Waals surface area contributed by atoms with Crippen LogP contribution in [-0.2, 0) is 20.7 Å². The molecular weight excluding hydrogens is 270 g/mol. The summed E-state index contributed by atoms with van der Waals surface area (Å²) in [5, 5.41) is 13.6. The Morgan fingerprint density at radius 1 is 1.19 bits per heavy atom. The predicted molar refractivity (Wildman–Crippen MR) is 79.1 cm³/mol. The molecule has 0 saturated carbocycles. The number of carboxylic acid groups (broad SMARTS) is 1. The smallest absolute Gasteiger partial charge is 0.328 e. The summed E-state index contributed by atoms with van der Waals surface area (Å²) in [5.74, 6) is -1.45. The van der Waals surface area contributed by atoms with E-state index < -0.39 is 12.0 Å². The Hall–Kier alpha value is -2.40. The molecule has 1 atom stereocenters. The number of hydrogen-bond acceptors (Lipinski definition) is 3. The maximum absolute atomic E-state index is 11.9. The van der Waals surface area contributed by atoms with Gasteiger partial charge < -0.3 is 15.2 Å². The highest BCUT2D eigenvalue weighted by Gasteiger charge is 2.19. The van der Waals surface area contributed by atoms with Gasteiger partial charge in [-0.25, -0.2) is 4.79 Å². The van der Waals surface area contributed by atoms with Gasteiger partial charge in [-0.15, -0.1) is 0 Å². The van der Waals surface area contributed by atoms with E-state index in [2.05, 4.69) is 5.32 Å². The summed E-state index contributed by atoms with van der Waals surface area (Å²) in [4.78, 5) is 22.9. The van der Waals surface area contributed by atoms with E-state index in [0.29, 0.717) is 0 Å². The SMILES string of the molecule is COCC(NC(=O)Cc1ccc2ccccc2c1)C(=O)O. The predicted octanol–water partition coefficient (Wildman–Crippen LogP) is 1.60. The van der Waals surface area contributed by atoms with Crippen LogP contribution in [0.3, 0.4) is 0 Å². The number of ether oxygens (including phenoxy) is 1. The molecule has 0 spiro atoms. The number of fused-ring (bicyclic) bond motifs is 1. The van der Waals surface area contributed by atoms with Crippen molar-refractivity contribution < 1.29 is 19.4 Å². The molecule has 0 aliphatic rings. The van der Waals surface area contributed by atoms with E-state index in [1.165, 1.54) is 7.11 Å². The van der Waals surface area contributed by atoms with Crippen LogP contribution in [0.15, 0.2) is 42.5 Å². The zero-order valence-electron chi connectivity index (χ0n) is 11.7. The van der Waals surface area contributed by atoms with E-state index in [-0.39, 0.29) is 18.9 Å². The van der Waals surface area contributed by atoms with Crippen LogP contribution in [0.4, 0.5) is 0 Å². The highest BCUT2D eigenvalue weighted by atomic mass is 16.5. The Balaban J connectivity index is 2.05. The largest absolute Gasteiger partial charge is 0.480 e. The second kappa shape index (κ2) is 6.85. The van der Waals surface area contributed by atoms with Crippen LogP contribution >= 0.6 is 0 Å². The fourth-order valence-electron chi connectivity index (χ4n) is 2.12. The molecule has 0 saturated heterocycles. The van der Waals surface area contributed by atoms with Crippen molar-refractivity contribution in [2.24, 2.45) is 0 Å². The molecule has 0 fully saturated rings. The Labute approximate surface area is 122 Å². The molecule has 5 nitrogen and oxygen atoms in total. The Kier molecular flexibility index (Phi) is 4.90. The summed E-state index contributed by atoms with van der Waals surface area (Å²) in [6.07, 6.45) is 0.137. The van der Waals surface area contributed by atoms with Crippen LogP contribution in [0.2, 0.25) is 0 Å². The molecule has 2 aromatic carbocycles. The summed E-state index contributed by atoms with van der Waals surface area (Å²) in [6.45, 7) is -0.0568. The minimum absolute atomic E-state index is 0.0568. The third-order valence-corrected chi connectivity index (χ3v) is 3.15. The van der Waals surface area contributed by atoms with Gasteiger partial charge in [0.15, 0.2) is 6.04 Å². The van der Waals surface area contributed by atoms with Crippen molar-refractivity contribution in [2.75, 3.05) is 13.7 Å². The van der Waals surface area contributed by atoms with Crippen molar-refractivity contribution in [1.82, 2.24) is 5.32 Å². The van der Waals surface area contributed by atoms with Gasteiger partial charge in [0.25, 0.3) is 0 Å². The lowest BCUT2D eigenvalue weighted by molar-refractivity contribution is -0.143. The summed E-state index contributed by atoms with van der Waals surface area (Å²) < 4.78 is 4.78. The first-order chi connectivity index (χ1) is 10.1. The topological polar surface area (TPSA) is 75.6 Å². The molecular formula is C16H17NO4. The van der Waals surface area contributed by atoms with E-state index in [1.807, 2.05) is 42.5 Å². The number of nitrogens with one attached hydrogen (secondary N) is 1. The first-order valence-electron chi connectivity index (χ1n) is 6.59. The van der Waals surface area contributed by atoms with Gasteiger partial charge in [-0.3, -0.25) is 4.79 Å². The fraction of sp³-hybridized carbons (Fsp3) is 0.250. The van der Waals surface area contributed by atoms with Gasteiger partial charge in [-0.1, -0.05) is 42.5 Å². The minimum Gasteiger partial charge on any atom is -0.480 e. The molecule has 0 bridgehead atoms. The average Bonchev–Trinajstić information content (AvgIpc) is 2.46. The molecule has 5 heteroatoms. The van der Waals surface area contributed by atoms with Gasteiger partial charge in [0.2, 0.25) is 5.91 Å². The van der Waals surface area contributed by atoms with Crippen molar-refractivity contribution in [1.29, 1.82) is 0 Å². The highest BCUT2D eigenvalue weighted by molar-refractivity contribution is 5.87. The Morgan fingerprint density at radius 3 is 2.57 bits per heavy atom. The maximum atomic E-state index is 11.9. The second-order valence-corrected chi connectivity index (χ2v) is 4.77. The van der Waals surface area contributed by atoms with E-state index >= 15 is 0 Å². The van der Waals surface area contributed by atoms with Crippen molar-refractivity contribution in [2.45, 2.75) is 12.5 Å². The van der Waals surface area contributed by atoms with E-state index in [0.717, 1.165) is 16.3 Å². The van der Waals surface area contributed by atoms with E-state index in [4.69, 9.17) is 9.84 Å². The summed E-state index contributed by atoms with van der Waals surface area (Å²) in [6, 6.07) is 12.6. The third-order valence-electron chi connectivity index (χ3n) is 3.15. The standard InChI is InChI=1S/C16H17NO4/c1-21-10-14(16(19)20)17-15(18)9-11-6-7-12-4-2-3-5-13(12)8-11/h2-8,14H,9-10H2,1H3,(H,17,18)(H,19,20). The second-order valence-electron chi connectivity index (χ2n) is 4.77. The lowest BCUT2D eigenvalue weighted by atomic mass is 10.0. The van der Waals surface area contributed by atoms with Crippen LogP contribution in [-0.4, -0.2) is 36.7 Å². The van der Waals surface area contributed by atoms with Crippen molar-refractivity contribution in [3.05, 3.63) is 48.0 Å². The van der Waals surface area contributed by atoms with Crippen LogP contribution in [0.25, 0.3) is 10.8 Å². The van der Waals surface area contributed by atoms with Crippen LogP contribution in [0.1, 0.15) is 5.56 Å². The molecule has 110 valence electrons. The van der Waals surface area contributed by atoms with Gasteiger partial charge in [0, 0.05) is 7.11 Å². The number of benzene rings is 2. The number of aliphatic carboxylic acids is 1. The molecule has 1 unspecified atom stereocenters. The molecule has 21 heavy (non-hydrogen) atoms. The highest BCUT2D eigenvalue weighted by Crippen LogP contribution is 2.15. The van der Waals surface area contributed by atoms with Gasteiger partial charge in [0.05, 0.1) is 13.0 Å². The molecule has 0 aromatic heterocycles. The number of hydrogen-bond donors (Lipinski definition) is 2. The molecule has 2 N–H and O–H groups in total. The molecule has 2 aromatic rings. The van der Waals surface area contributed by atoms with Crippen molar-refractivity contribution >= 4 is 22.6 Å². The van der Waals surface area contributed by atoms with Gasteiger partial charge in [-0.2, -0.15) is 0 Å². The zero-order valence-corrected chi connectivity index (χ0v) is 11.7. The van der Waals surface area contributed by atoms with Crippen molar-refractivity contribution in [3.8, 4) is 0 Å². The molecule has 0 aliphatic heterocycles. The minimum atomic E-state index is -1.11. The summed E-state index contributed by atoms with van der Waals surface area (Å²) in [5.41, 5.74) is 0.841. The van der Waals surface area contributed by atoms with Crippen LogP contribution in [0, 0.1) is 0 Å². The maximum Gasteiger partial charge on any atom is 0.328 e. The molecule has 0 heterocycles. The van der Waals surface area contributed by atoms with Crippen LogP contribution < -0.4 is 5.32 Å². The number of rotatable bonds is 6. The van der Waals surface area contributed by atoms with Gasteiger partial charge in [-0.05, 0) is 16.3 Å². The quantitative estimate of drug-likeness (QED) is 0.846. The fourth-order valence-corrected chi connectivity index (χ4v) is 2.12. The number of carbonyl (C=O) groups is 2. The average molecular weight is 287 g/mol. The first kappa shape index (κ1) is 15.0. The normalized spacial score (nSPS) is 12.0. The number of methoxy groups -OCH3 is 1. The molecule has 0 aliphatic carbocycles. The Morgan fingerprint density at radius 2 is 1.90 bits per heavy atom. The first-order valence-corrected chi connectivity index (χ1v) is 6.59. The lowest BCUT2D eigenvalue weighted by Crippen LogP contribution is -2.44. The summed E-state index contributed by atoms with van der Waals surface area (Å²) >= 11 is 0. The zero-order chi connectivity index (χ0) is 15.2. The monoisotopic (exact) mass is 287 g/mol. The van der Waals surface area contributed by atoms with Gasteiger partial charge >= 0.3 is 5.97 Å². The van der Waals surface area contributed by atoms with Crippen molar-refractivity contribution in [3.63, 3.8) is 0 Å². The number of carbonyl (C=O) groups excluding carboxylic acids is 1. The molecule has 0 radical (unpaired) electrons. The lowest BCUT2D eigenvalue weighted by Gasteiger charge is -2.13. The molecule has 2 rings (SSSR count). The summed E-state index contributed by atoms with van der Waals surface area (Å²) in [7, 11) is 1.39. The molecule has 1 amide bonds. The van der Waals surface area contributed by atoms with E-state index in [9.17, 15) is 9.59 Å². The van der Waals surface area contributed by atoms with Crippen LogP contribution in [0.5, 0.6) is 0 Å². The van der Waals surface area contributed by atoms with E-state index in [1.54, 1.807) is 0 Å². The third kappa shape index (κ3) is 4.03.